The molecule has 1 aromatic rings. The zero-order chi connectivity index (χ0) is 14.8. The van der Waals surface area contributed by atoms with Gasteiger partial charge in [-0.25, -0.2) is 4.98 Å². The molecule has 0 aliphatic heterocycles. The van der Waals surface area contributed by atoms with Crippen molar-refractivity contribution in [1.82, 2.24) is 9.55 Å². The van der Waals surface area contributed by atoms with Gasteiger partial charge in [-0.1, -0.05) is 58.8 Å². The second-order valence-corrected chi connectivity index (χ2v) is 6.05. The van der Waals surface area contributed by atoms with E-state index in [0.717, 1.165) is 6.01 Å². The molecule has 0 saturated carbocycles. The van der Waals surface area contributed by atoms with E-state index in [0.29, 0.717) is 0 Å². The van der Waals surface area contributed by atoms with Crippen molar-refractivity contribution in [2.75, 3.05) is 7.11 Å². The van der Waals surface area contributed by atoms with E-state index in [9.17, 15) is 0 Å². The number of imidazole rings is 1. The number of ether oxygens (including phenoxy) is 1. The summed E-state index contributed by atoms with van der Waals surface area (Å²) in [6.07, 6.45) is 15.5. The maximum absolute atomic E-state index is 5.41. The highest BCUT2D eigenvalue weighted by atomic mass is 16.5. The Morgan fingerprint density at radius 1 is 1.05 bits per heavy atom. The van der Waals surface area contributed by atoms with Gasteiger partial charge in [-0.15, -0.1) is 0 Å². The van der Waals surface area contributed by atoms with Gasteiger partial charge in [0.05, 0.1) is 7.11 Å². The smallest absolute Gasteiger partial charge is 0.296 e. The van der Waals surface area contributed by atoms with Gasteiger partial charge >= 0.3 is 0 Å². The fraction of sp³-hybridized carbons (Fsp3) is 0.824. The first-order valence-corrected chi connectivity index (χ1v) is 8.25. The summed E-state index contributed by atoms with van der Waals surface area (Å²) in [7, 11) is 1.71. The van der Waals surface area contributed by atoms with Crippen LogP contribution >= 0.6 is 0 Å². The molecule has 116 valence electrons. The fourth-order valence-electron chi connectivity index (χ4n) is 2.88. The van der Waals surface area contributed by atoms with E-state index in [1.165, 1.54) is 57.8 Å². The lowest BCUT2D eigenvalue weighted by Gasteiger charge is -2.32. The Hall–Kier alpha value is -0.990. The number of rotatable bonds is 11. The quantitative estimate of drug-likeness (QED) is 0.524. The Balaban J connectivity index is 2.65. The van der Waals surface area contributed by atoms with Crippen LogP contribution in [0.5, 0.6) is 6.01 Å². The summed E-state index contributed by atoms with van der Waals surface area (Å²) in [5, 5.41) is 0. The van der Waals surface area contributed by atoms with Crippen molar-refractivity contribution in [3.63, 3.8) is 0 Å². The average molecular weight is 280 g/mol. The number of methoxy groups -OCH3 is 1. The molecule has 0 aliphatic carbocycles. The lowest BCUT2D eigenvalue weighted by molar-refractivity contribution is 0.219. The van der Waals surface area contributed by atoms with Crippen LogP contribution in [0.3, 0.4) is 0 Å². The topological polar surface area (TPSA) is 27.1 Å². The van der Waals surface area contributed by atoms with Gasteiger partial charge in [0, 0.05) is 17.9 Å². The molecule has 3 heteroatoms. The lowest BCUT2D eigenvalue weighted by atomic mass is 9.88. The Bertz CT molecular complexity index is 362. The average Bonchev–Trinajstić information content (AvgIpc) is 2.94. The third kappa shape index (κ3) is 4.84. The van der Waals surface area contributed by atoms with Crippen molar-refractivity contribution in [2.24, 2.45) is 0 Å². The highest BCUT2D eigenvalue weighted by molar-refractivity contribution is 5.04. The molecule has 0 aliphatic rings. The fourth-order valence-corrected chi connectivity index (χ4v) is 2.88. The molecule has 1 rings (SSSR count). The zero-order valence-electron chi connectivity index (χ0n) is 13.8. The van der Waals surface area contributed by atoms with Crippen LogP contribution in [0.15, 0.2) is 12.4 Å². The molecule has 0 bridgehead atoms. The van der Waals surface area contributed by atoms with Gasteiger partial charge in [0.1, 0.15) is 0 Å². The number of hydrogen-bond donors (Lipinski definition) is 0. The normalized spacial score (nSPS) is 14.2. The Kier molecular flexibility index (Phi) is 7.71. The third-order valence-corrected chi connectivity index (χ3v) is 4.26. The van der Waals surface area contributed by atoms with Gasteiger partial charge in [-0.05, 0) is 19.8 Å². The lowest BCUT2D eigenvalue weighted by Crippen LogP contribution is -2.30. The second-order valence-electron chi connectivity index (χ2n) is 6.05. The molecule has 0 aromatic carbocycles. The van der Waals surface area contributed by atoms with E-state index in [-0.39, 0.29) is 5.54 Å². The summed E-state index contributed by atoms with van der Waals surface area (Å²) in [6, 6.07) is 0.747. The Morgan fingerprint density at radius 3 is 2.35 bits per heavy atom. The molecule has 0 amide bonds. The van der Waals surface area contributed by atoms with Crippen LogP contribution in [0, 0.1) is 0 Å². The predicted molar refractivity (Wildman–Crippen MR) is 85.3 cm³/mol. The van der Waals surface area contributed by atoms with E-state index in [4.69, 9.17) is 4.74 Å². The first-order valence-electron chi connectivity index (χ1n) is 8.25. The van der Waals surface area contributed by atoms with Gasteiger partial charge < -0.3 is 4.74 Å². The first-order chi connectivity index (χ1) is 9.68. The van der Waals surface area contributed by atoms with E-state index in [2.05, 4.69) is 36.5 Å². The minimum absolute atomic E-state index is 0.143. The first kappa shape index (κ1) is 17.1. The van der Waals surface area contributed by atoms with E-state index >= 15 is 0 Å². The number of aromatic nitrogens is 2. The van der Waals surface area contributed by atoms with Crippen LogP contribution in [0.25, 0.3) is 0 Å². The molecule has 20 heavy (non-hydrogen) atoms. The molecule has 0 saturated heterocycles. The zero-order valence-corrected chi connectivity index (χ0v) is 13.8. The van der Waals surface area contributed by atoms with Gasteiger partial charge in [-0.3, -0.25) is 4.57 Å². The maximum Gasteiger partial charge on any atom is 0.296 e. The van der Waals surface area contributed by atoms with E-state index < -0.39 is 0 Å². The molecule has 1 aromatic heterocycles. The van der Waals surface area contributed by atoms with Crippen LogP contribution < -0.4 is 4.74 Å². The van der Waals surface area contributed by atoms with Crippen LogP contribution in [0.2, 0.25) is 0 Å². The summed E-state index contributed by atoms with van der Waals surface area (Å²) in [5.41, 5.74) is 0.143. The molecular weight excluding hydrogens is 248 g/mol. The van der Waals surface area contributed by atoms with Crippen molar-refractivity contribution in [3.05, 3.63) is 12.4 Å². The molecule has 0 spiro atoms. The van der Waals surface area contributed by atoms with Crippen molar-refractivity contribution >= 4 is 0 Å². The van der Waals surface area contributed by atoms with Crippen molar-refractivity contribution in [2.45, 2.75) is 84.1 Å². The van der Waals surface area contributed by atoms with E-state index in [1.54, 1.807) is 7.11 Å². The summed E-state index contributed by atoms with van der Waals surface area (Å²) in [4.78, 5) is 4.31. The van der Waals surface area contributed by atoms with Crippen LogP contribution in [0.4, 0.5) is 0 Å². The Labute approximate surface area is 124 Å². The third-order valence-electron chi connectivity index (χ3n) is 4.26. The van der Waals surface area contributed by atoms with Crippen molar-refractivity contribution in [3.8, 4) is 6.01 Å². The largest absolute Gasteiger partial charge is 0.468 e. The van der Waals surface area contributed by atoms with Gasteiger partial charge in [0.15, 0.2) is 0 Å². The molecule has 1 atom stereocenters. The number of hydrogen-bond acceptors (Lipinski definition) is 2. The predicted octanol–water partition coefficient (Wildman–Crippen LogP) is 5.16. The standard InChI is InChI=1S/C17H32N2O/c1-5-7-9-10-11-13-17(3,12-8-6-2)19-15-14-18-16(19)20-4/h14-15H,5-13H2,1-4H3. The molecular formula is C17H32N2O. The van der Waals surface area contributed by atoms with Crippen LogP contribution in [-0.2, 0) is 5.54 Å². The molecule has 1 unspecified atom stereocenters. The molecule has 3 nitrogen and oxygen atoms in total. The summed E-state index contributed by atoms with van der Waals surface area (Å²) >= 11 is 0. The Morgan fingerprint density at radius 2 is 1.70 bits per heavy atom. The van der Waals surface area contributed by atoms with Crippen LogP contribution in [0.1, 0.15) is 78.6 Å². The van der Waals surface area contributed by atoms with Gasteiger partial charge in [0.2, 0.25) is 0 Å². The SMILES string of the molecule is CCCCCCCC(C)(CCCC)n1ccnc1OC. The van der Waals surface area contributed by atoms with Gasteiger partial charge in [0.25, 0.3) is 6.01 Å². The summed E-state index contributed by atoms with van der Waals surface area (Å²) in [6.45, 7) is 6.88. The highest BCUT2D eigenvalue weighted by Crippen LogP contribution is 2.33. The molecule has 1 heterocycles. The monoisotopic (exact) mass is 280 g/mol. The number of nitrogens with zero attached hydrogens (tertiary/aromatic N) is 2. The minimum atomic E-state index is 0.143. The molecule has 0 fully saturated rings. The highest BCUT2D eigenvalue weighted by Gasteiger charge is 2.27. The summed E-state index contributed by atoms with van der Waals surface area (Å²) < 4.78 is 7.65. The molecule has 0 N–H and O–H groups in total. The van der Waals surface area contributed by atoms with Gasteiger partial charge in [-0.2, -0.15) is 0 Å². The van der Waals surface area contributed by atoms with Crippen molar-refractivity contribution in [1.29, 1.82) is 0 Å². The van der Waals surface area contributed by atoms with E-state index in [1.807, 2.05) is 6.20 Å². The molecule has 0 radical (unpaired) electrons. The minimum Gasteiger partial charge on any atom is -0.468 e. The summed E-state index contributed by atoms with van der Waals surface area (Å²) in [5.74, 6) is 0. The van der Waals surface area contributed by atoms with Crippen molar-refractivity contribution < 1.29 is 4.74 Å². The number of unbranched alkanes of at least 4 members (excludes halogenated alkanes) is 5. The van der Waals surface area contributed by atoms with Crippen LogP contribution in [-0.4, -0.2) is 16.7 Å². The maximum atomic E-state index is 5.41. The second kappa shape index (κ2) is 9.04.